The molecule has 1 aromatic carbocycles. The van der Waals surface area contributed by atoms with Gasteiger partial charge in [0.15, 0.2) is 5.69 Å². The SMILES string of the molecule is COC(=O)c1nc(-c2ccccc2N)[nH]c(=O)c1O. The number of nitrogens with zero attached hydrogens (tertiary/aromatic N) is 1. The average Bonchev–Trinajstić information content (AvgIpc) is 2.41. The van der Waals surface area contributed by atoms with Crippen LogP contribution in [0.4, 0.5) is 5.69 Å². The number of benzene rings is 1. The van der Waals surface area contributed by atoms with E-state index in [1.807, 2.05) is 0 Å². The van der Waals surface area contributed by atoms with Crippen molar-refractivity contribution < 1.29 is 14.6 Å². The van der Waals surface area contributed by atoms with E-state index < -0.39 is 23.0 Å². The number of methoxy groups -OCH3 is 1. The van der Waals surface area contributed by atoms with Crippen LogP contribution in [0.2, 0.25) is 0 Å². The normalized spacial score (nSPS) is 10.2. The van der Waals surface area contributed by atoms with Crippen LogP contribution >= 0.6 is 0 Å². The number of nitrogen functional groups attached to an aromatic ring is 1. The predicted octanol–water partition coefficient (Wildman–Crippen LogP) is 0.511. The minimum Gasteiger partial charge on any atom is -0.501 e. The third-order valence-corrected chi connectivity index (χ3v) is 2.49. The Kier molecular flexibility index (Phi) is 3.19. The lowest BCUT2D eigenvalue weighted by Gasteiger charge is -2.07. The number of ether oxygens (including phenoxy) is 1. The lowest BCUT2D eigenvalue weighted by molar-refractivity contribution is 0.0590. The summed E-state index contributed by atoms with van der Waals surface area (Å²) in [6.45, 7) is 0. The summed E-state index contributed by atoms with van der Waals surface area (Å²) in [6.07, 6.45) is 0. The van der Waals surface area contributed by atoms with Gasteiger partial charge in [0.1, 0.15) is 5.82 Å². The fraction of sp³-hybridized carbons (Fsp3) is 0.0833. The molecule has 2 rings (SSSR count). The Labute approximate surface area is 107 Å². The molecular formula is C12H11N3O4. The zero-order valence-electron chi connectivity index (χ0n) is 10.0. The summed E-state index contributed by atoms with van der Waals surface area (Å²) in [4.78, 5) is 29.2. The third kappa shape index (κ3) is 2.25. The van der Waals surface area contributed by atoms with Gasteiger partial charge in [-0.2, -0.15) is 0 Å². The lowest BCUT2D eigenvalue weighted by atomic mass is 10.1. The van der Waals surface area contributed by atoms with Crippen molar-refractivity contribution in [1.82, 2.24) is 9.97 Å². The minimum atomic E-state index is -0.903. The zero-order chi connectivity index (χ0) is 14.0. The summed E-state index contributed by atoms with van der Waals surface area (Å²) in [5.41, 5.74) is 5.30. The molecule has 2 aromatic rings. The molecule has 0 amide bonds. The van der Waals surface area contributed by atoms with Crippen LogP contribution in [0, 0.1) is 0 Å². The van der Waals surface area contributed by atoms with Crippen LogP contribution in [-0.4, -0.2) is 28.2 Å². The van der Waals surface area contributed by atoms with Gasteiger partial charge in [0, 0.05) is 11.3 Å². The summed E-state index contributed by atoms with van der Waals surface area (Å²) >= 11 is 0. The number of nitrogens with one attached hydrogen (secondary N) is 1. The molecule has 7 nitrogen and oxygen atoms in total. The number of nitrogens with two attached hydrogens (primary N) is 1. The molecule has 0 unspecified atom stereocenters. The van der Waals surface area contributed by atoms with Crippen molar-refractivity contribution in [2.45, 2.75) is 0 Å². The van der Waals surface area contributed by atoms with Gasteiger partial charge in [0.25, 0.3) is 5.56 Å². The molecule has 98 valence electrons. The van der Waals surface area contributed by atoms with Gasteiger partial charge < -0.3 is 20.6 Å². The van der Waals surface area contributed by atoms with E-state index in [9.17, 15) is 14.7 Å². The van der Waals surface area contributed by atoms with Gasteiger partial charge in [-0.05, 0) is 12.1 Å². The van der Waals surface area contributed by atoms with Crippen molar-refractivity contribution in [2.24, 2.45) is 0 Å². The molecule has 0 saturated heterocycles. The Bertz CT molecular complexity index is 694. The highest BCUT2D eigenvalue weighted by atomic mass is 16.5. The Morgan fingerprint density at radius 2 is 2.11 bits per heavy atom. The number of aromatic hydroxyl groups is 1. The second-order valence-electron chi connectivity index (χ2n) is 3.69. The Hall–Kier alpha value is -2.83. The topological polar surface area (TPSA) is 118 Å². The number of H-pyrrole nitrogens is 1. The summed E-state index contributed by atoms with van der Waals surface area (Å²) in [5, 5.41) is 9.50. The number of rotatable bonds is 2. The molecule has 0 aliphatic carbocycles. The molecule has 0 aliphatic rings. The van der Waals surface area contributed by atoms with Crippen molar-refractivity contribution in [3.05, 3.63) is 40.3 Å². The highest BCUT2D eigenvalue weighted by Gasteiger charge is 2.19. The van der Waals surface area contributed by atoms with E-state index in [2.05, 4.69) is 14.7 Å². The van der Waals surface area contributed by atoms with Crippen LogP contribution in [0.15, 0.2) is 29.1 Å². The molecule has 0 bridgehead atoms. The highest BCUT2D eigenvalue weighted by molar-refractivity contribution is 5.90. The number of hydrogen-bond acceptors (Lipinski definition) is 6. The number of esters is 1. The molecule has 0 aliphatic heterocycles. The van der Waals surface area contributed by atoms with E-state index in [1.54, 1.807) is 24.3 Å². The minimum absolute atomic E-state index is 0.0845. The molecule has 0 saturated carbocycles. The first-order valence-electron chi connectivity index (χ1n) is 5.31. The molecule has 1 aromatic heterocycles. The first-order chi connectivity index (χ1) is 9.04. The largest absolute Gasteiger partial charge is 0.501 e. The second kappa shape index (κ2) is 4.81. The average molecular weight is 261 g/mol. The van der Waals surface area contributed by atoms with Crippen LogP contribution in [-0.2, 0) is 4.74 Å². The van der Waals surface area contributed by atoms with Gasteiger partial charge in [-0.25, -0.2) is 9.78 Å². The summed E-state index contributed by atoms with van der Waals surface area (Å²) in [7, 11) is 1.13. The lowest BCUT2D eigenvalue weighted by Crippen LogP contribution is -2.16. The van der Waals surface area contributed by atoms with Gasteiger partial charge in [0.2, 0.25) is 5.75 Å². The molecule has 1 heterocycles. The maximum atomic E-state index is 11.6. The number of aromatic amines is 1. The number of anilines is 1. The molecule has 0 spiro atoms. The fourth-order valence-corrected chi connectivity index (χ4v) is 1.55. The monoisotopic (exact) mass is 261 g/mol. The quantitative estimate of drug-likeness (QED) is 0.535. The molecule has 19 heavy (non-hydrogen) atoms. The Morgan fingerprint density at radius 1 is 1.42 bits per heavy atom. The van der Waals surface area contributed by atoms with E-state index in [0.29, 0.717) is 11.3 Å². The van der Waals surface area contributed by atoms with Gasteiger partial charge in [-0.15, -0.1) is 0 Å². The molecule has 0 fully saturated rings. The Balaban J connectivity index is 2.67. The number of aromatic nitrogens is 2. The van der Waals surface area contributed by atoms with E-state index in [-0.39, 0.29) is 5.82 Å². The van der Waals surface area contributed by atoms with Crippen LogP contribution in [0.3, 0.4) is 0 Å². The Morgan fingerprint density at radius 3 is 2.74 bits per heavy atom. The summed E-state index contributed by atoms with van der Waals surface area (Å²) in [5.74, 6) is -1.61. The number of carbonyl (C=O) groups excluding carboxylic acids is 1. The van der Waals surface area contributed by atoms with Crippen LogP contribution in [0.25, 0.3) is 11.4 Å². The maximum absolute atomic E-state index is 11.6. The van der Waals surface area contributed by atoms with Gasteiger partial charge in [-0.3, -0.25) is 4.79 Å². The van der Waals surface area contributed by atoms with Crippen LogP contribution in [0.5, 0.6) is 5.75 Å². The summed E-state index contributed by atoms with van der Waals surface area (Å²) in [6, 6.07) is 6.68. The number of carbonyl (C=O) groups is 1. The standard InChI is InChI=1S/C12H11N3O4/c1-19-12(18)8-9(16)11(17)15-10(14-8)6-4-2-3-5-7(6)13/h2-5,16H,13H2,1H3,(H,14,15,17). The highest BCUT2D eigenvalue weighted by Crippen LogP contribution is 2.22. The smallest absolute Gasteiger partial charge is 0.360 e. The van der Waals surface area contributed by atoms with E-state index in [0.717, 1.165) is 7.11 Å². The van der Waals surface area contributed by atoms with E-state index >= 15 is 0 Å². The molecular weight excluding hydrogens is 250 g/mol. The van der Waals surface area contributed by atoms with Crippen molar-refractivity contribution >= 4 is 11.7 Å². The van der Waals surface area contributed by atoms with Crippen LogP contribution < -0.4 is 11.3 Å². The fourth-order valence-electron chi connectivity index (χ4n) is 1.55. The van der Waals surface area contributed by atoms with Crippen molar-refractivity contribution in [3.63, 3.8) is 0 Å². The van der Waals surface area contributed by atoms with E-state index in [1.165, 1.54) is 0 Å². The first kappa shape index (κ1) is 12.6. The number of hydrogen-bond donors (Lipinski definition) is 3. The molecule has 7 heteroatoms. The van der Waals surface area contributed by atoms with Crippen molar-refractivity contribution in [1.29, 1.82) is 0 Å². The first-order valence-corrected chi connectivity index (χ1v) is 5.31. The second-order valence-corrected chi connectivity index (χ2v) is 3.69. The van der Waals surface area contributed by atoms with Crippen LogP contribution in [0.1, 0.15) is 10.5 Å². The van der Waals surface area contributed by atoms with Gasteiger partial charge >= 0.3 is 5.97 Å². The predicted molar refractivity (Wildman–Crippen MR) is 67.7 cm³/mol. The molecule has 0 radical (unpaired) electrons. The number of para-hydroxylation sites is 1. The van der Waals surface area contributed by atoms with Crippen molar-refractivity contribution in [3.8, 4) is 17.1 Å². The van der Waals surface area contributed by atoms with E-state index in [4.69, 9.17) is 5.73 Å². The third-order valence-electron chi connectivity index (χ3n) is 2.49. The maximum Gasteiger partial charge on any atom is 0.360 e. The summed E-state index contributed by atoms with van der Waals surface area (Å²) < 4.78 is 4.45. The molecule has 4 N–H and O–H groups in total. The molecule has 0 atom stereocenters. The van der Waals surface area contributed by atoms with Gasteiger partial charge in [-0.1, -0.05) is 12.1 Å². The zero-order valence-corrected chi connectivity index (χ0v) is 10.0. The van der Waals surface area contributed by atoms with Gasteiger partial charge in [0.05, 0.1) is 7.11 Å². The van der Waals surface area contributed by atoms with Crippen molar-refractivity contribution in [2.75, 3.05) is 12.8 Å².